The van der Waals surface area contributed by atoms with Crippen LogP contribution in [0.4, 0.5) is 13.2 Å². The zero-order chi connectivity index (χ0) is 17.0. The fraction of sp³-hybridized carbons (Fsp3) is 0.611. The Hall–Kier alpha value is -1.52. The van der Waals surface area contributed by atoms with Crippen molar-refractivity contribution in [3.63, 3.8) is 0 Å². The summed E-state index contributed by atoms with van der Waals surface area (Å²) in [5, 5.41) is 0. The molecular formula is C18H23F3O2. The summed E-state index contributed by atoms with van der Waals surface area (Å²) >= 11 is 0. The molecule has 0 amide bonds. The summed E-state index contributed by atoms with van der Waals surface area (Å²) in [5.74, 6) is -0.891. The van der Waals surface area contributed by atoms with Crippen molar-refractivity contribution in [3.05, 3.63) is 29.1 Å². The van der Waals surface area contributed by atoms with Gasteiger partial charge in [0, 0.05) is 12.0 Å². The highest BCUT2D eigenvalue weighted by Gasteiger charge is 2.28. The third-order valence-electron chi connectivity index (χ3n) is 4.57. The van der Waals surface area contributed by atoms with E-state index in [0.29, 0.717) is 5.92 Å². The number of alkyl halides is 2. The van der Waals surface area contributed by atoms with Gasteiger partial charge in [0.05, 0.1) is 12.2 Å². The molecule has 1 aromatic rings. The van der Waals surface area contributed by atoms with Gasteiger partial charge in [0.2, 0.25) is 0 Å². The van der Waals surface area contributed by atoms with Gasteiger partial charge >= 0.3 is 0 Å². The SMILES string of the molecule is CCOc1ccc(C(=O)CC2CCC(C)CC2)c(C(F)F)c1F. The number of ether oxygens (including phenoxy) is 1. The Morgan fingerprint density at radius 2 is 1.91 bits per heavy atom. The smallest absolute Gasteiger partial charge is 0.267 e. The fourth-order valence-electron chi connectivity index (χ4n) is 3.20. The Labute approximate surface area is 135 Å². The first kappa shape index (κ1) is 17.8. The average Bonchev–Trinajstić information content (AvgIpc) is 2.51. The third kappa shape index (κ3) is 4.27. The van der Waals surface area contributed by atoms with Crippen LogP contribution in [0, 0.1) is 17.7 Å². The molecule has 5 heteroatoms. The van der Waals surface area contributed by atoms with Crippen molar-refractivity contribution in [1.29, 1.82) is 0 Å². The number of halogens is 3. The number of ketones is 1. The van der Waals surface area contributed by atoms with Crippen LogP contribution >= 0.6 is 0 Å². The summed E-state index contributed by atoms with van der Waals surface area (Å²) in [7, 11) is 0. The van der Waals surface area contributed by atoms with Crippen LogP contribution in [0.3, 0.4) is 0 Å². The normalized spacial score (nSPS) is 21.5. The number of Topliss-reactive ketones (excluding diaryl/α,β-unsaturated/α-hetero) is 1. The Balaban J connectivity index is 2.20. The van der Waals surface area contributed by atoms with E-state index >= 15 is 0 Å². The lowest BCUT2D eigenvalue weighted by Crippen LogP contribution is -2.17. The zero-order valence-electron chi connectivity index (χ0n) is 13.6. The van der Waals surface area contributed by atoms with Gasteiger partial charge < -0.3 is 4.74 Å². The van der Waals surface area contributed by atoms with E-state index in [4.69, 9.17) is 4.74 Å². The van der Waals surface area contributed by atoms with E-state index in [-0.39, 0.29) is 30.3 Å². The van der Waals surface area contributed by atoms with E-state index in [1.165, 1.54) is 12.1 Å². The number of rotatable bonds is 6. The third-order valence-corrected chi connectivity index (χ3v) is 4.57. The van der Waals surface area contributed by atoms with E-state index in [2.05, 4.69) is 6.92 Å². The minimum atomic E-state index is -3.04. The molecule has 128 valence electrons. The van der Waals surface area contributed by atoms with Gasteiger partial charge in [-0.15, -0.1) is 0 Å². The molecule has 0 heterocycles. The quantitative estimate of drug-likeness (QED) is 0.639. The van der Waals surface area contributed by atoms with Gasteiger partial charge in [-0.25, -0.2) is 13.2 Å². The number of carbonyl (C=O) groups excluding carboxylic acids is 1. The topological polar surface area (TPSA) is 26.3 Å². The molecule has 0 radical (unpaired) electrons. The number of benzene rings is 1. The van der Waals surface area contributed by atoms with Gasteiger partial charge in [-0.3, -0.25) is 4.79 Å². The van der Waals surface area contributed by atoms with Crippen LogP contribution in [0.2, 0.25) is 0 Å². The maximum Gasteiger partial charge on any atom is 0.267 e. The number of hydrogen-bond donors (Lipinski definition) is 0. The molecule has 2 rings (SSSR count). The second kappa shape index (κ2) is 7.84. The number of hydrogen-bond acceptors (Lipinski definition) is 2. The highest BCUT2D eigenvalue weighted by molar-refractivity contribution is 5.98. The molecule has 1 fully saturated rings. The van der Waals surface area contributed by atoms with Crippen molar-refractivity contribution in [1.82, 2.24) is 0 Å². The lowest BCUT2D eigenvalue weighted by molar-refractivity contribution is 0.0927. The Kier molecular flexibility index (Phi) is 6.08. The molecule has 0 unspecified atom stereocenters. The number of carbonyl (C=O) groups is 1. The van der Waals surface area contributed by atoms with Crippen molar-refractivity contribution in [2.45, 2.75) is 52.4 Å². The molecule has 0 spiro atoms. The first-order chi connectivity index (χ1) is 10.9. The monoisotopic (exact) mass is 328 g/mol. The van der Waals surface area contributed by atoms with Gasteiger partial charge in [0.1, 0.15) is 0 Å². The van der Waals surface area contributed by atoms with Crippen LogP contribution in [-0.2, 0) is 0 Å². The van der Waals surface area contributed by atoms with Crippen molar-refractivity contribution in [2.24, 2.45) is 11.8 Å². The van der Waals surface area contributed by atoms with Crippen LogP contribution in [-0.4, -0.2) is 12.4 Å². The molecule has 1 aliphatic rings. The molecule has 2 nitrogen and oxygen atoms in total. The summed E-state index contributed by atoms with van der Waals surface area (Å²) in [4.78, 5) is 12.4. The summed E-state index contributed by atoms with van der Waals surface area (Å²) in [6.45, 7) is 3.99. The molecule has 0 aliphatic heterocycles. The van der Waals surface area contributed by atoms with E-state index < -0.39 is 23.6 Å². The largest absolute Gasteiger partial charge is 0.491 e. The van der Waals surface area contributed by atoms with Crippen molar-refractivity contribution in [3.8, 4) is 5.75 Å². The van der Waals surface area contributed by atoms with Gasteiger partial charge in [-0.05, 0) is 43.7 Å². The first-order valence-electron chi connectivity index (χ1n) is 8.20. The Morgan fingerprint density at radius 1 is 1.26 bits per heavy atom. The minimum Gasteiger partial charge on any atom is -0.491 e. The second-order valence-corrected chi connectivity index (χ2v) is 6.33. The highest BCUT2D eigenvalue weighted by Crippen LogP contribution is 2.35. The van der Waals surface area contributed by atoms with E-state index in [1.54, 1.807) is 6.92 Å². The lowest BCUT2D eigenvalue weighted by Gasteiger charge is -2.25. The van der Waals surface area contributed by atoms with Crippen molar-refractivity contribution >= 4 is 5.78 Å². The van der Waals surface area contributed by atoms with Gasteiger partial charge in [0.15, 0.2) is 17.3 Å². The van der Waals surface area contributed by atoms with Crippen molar-refractivity contribution < 1.29 is 22.7 Å². The molecule has 0 atom stereocenters. The van der Waals surface area contributed by atoms with E-state index in [9.17, 15) is 18.0 Å². The van der Waals surface area contributed by atoms with Crippen LogP contribution in [0.25, 0.3) is 0 Å². The molecule has 0 bridgehead atoms. The maximum absolute atomic E-state index is 14.2. The molecule has 0 aromatic heterocycles. The van der Waals surface area contributed by atoms with Crippen LogP contribution in [0.5, 0.6) is 5.75 Å². The zero-order valence-corrected chi connectivity index (χ0v) is 13.6. The standard InChI is InChI=1S/C18H23F3O2/c1-3-23-15-9-8-13(16(17(15)19)18(20)21)14(22)10-12-6-4-11(2)5-7-12/h8-9,11-12,18H,3-7,10H2,1-2H3. The summed E-state index contributed by atoms with van der Waals surface area (Å²) in [6.07, 6.45) is 1.13. The summed E-state index contributed by atoms with van der Waals surface area (Å²) in [6, 6.07) is 2.53. The lowest BCUT2D eigenvalue weighted by atomic mass is 9.80. The fourth-order valence-corrected chi connectivity index (χ4v) is 3.20. The molecule has 0 saturated heterocycles. The predicted octanol–water partition coefficient (Wildman–Crippen LogP) is 5.56. The molecule has 23 heavy (non-hydrogen) atoms. The molecule has 1 saturated carbocycles. The van der Waals surface area contributed by atoms with Gasteiger partial charge in [0.25, 0.3) is 6.43 Å². The molecule has 1 aromatic carbocycles. The highest BCUT2D eigenvalue weighted by atomic mass is 19.3. The van der Waals surface area contributed by atoms with E-state index in [0.717, 1.165) is 25.7 Å². The van der Waals surface area contributed by atoms with Gasteiger partial charge in [-0.1, -0.05) is 19.8 Å². The molecule has 1 aliphatic carbocycles. The van der Waals surface area contributed by atoms with E-state index in [1.807, 2.05) is 0 Å². The summed E-state index contributed by atoms with van der Waals surface area (Å²) < 4.78 is 45.7. The molecular weight excluding hydrogens is 305 g/mol. The van der Waals surface area contributed by atoms with Crippen LogP contribution in [0.1, 0.15) is 68.3 Å². The Morgan fingerprint density at radius 3 is 2.48 bits per heavy atom. The summed E-state index contributed by atoms with van der Waals surface area (Å²) in [5.41, 5.74) is -1.04. The van der Waals surface area contributed by atoms with Crippen LogP contribution in [0.15, 0.2) is 12.1 Å². The Bertz CT molecular complexity index is 549. The van der Waals surface area contributed by atoms with Gasteiger partial charge in [-0.2, -0.15) is 0 Å². The average molecular weight is 328 g/mol. The minimum absolute atomic E-state index is 0.174. The van der Waals surface area contributed by atoms with Crippen molar-refractivity contribution in [2.75, 3.05) is 6.61 Å². The van der Waals surface area contributed by atoms with Crippen LogP contribution < -0.4 is 4.74 Å². The first-order valence-corrected chi connectivity index (χ1v) is 8.20. The second-order valence-electron chi connectivity index (χ2n) is 6.33. The predicted molar refractivity (Wildman–Crippen MR) is 82.6 cm³/mol. The molecule has 0 N–H and O–H groups in total. The maximum atomic E-state index is 14.2.